The molecule has 0 aliphatic rings. The number of para-hydroxylation sites is 1. The Labute approximate surface area is 95.6 Å². The quantitative estimate of drug-likeness (QED) is 0.669. The van der Waals surface area contributed by atoms with Gasteiger partial charge >= 0.3 is 0 Å². The largest absolute Gasteiger partial charge is 0.353 e. The molecule has 0 unspecified atom stereocenters. The van der Waals surface area contributed by atoms with E-state index in [2.05, 4.69) is 20.4 Å². The van der Waals surface area contributed by atoms with E-state index in [4.69, 9.17) is 4.52 Å². The Morgan fingerprint density at radius 2 is 2.29 bits per heavy atom. The van der Waals surface area contributed by atoms with Crippen LogP contribution >= 0.6 is 0 Å². The van der Waals surface area contributed by atoms with Crippen molar-refractivity contribution in [2.75, 3.05) is 5.32 Å². The molecular formula is C11H8N4O2. The van der Waals surface area contributed by atoms with Crippen LogP contribution in [0, 0.1) is 0 Å². The molecule has 2 N–H and O–H groups in total. The summed E-state index contributed by atoms with van der Waals surface area (Å²) < 4.78 is 5.02. The first kappa shape index (κ1) is 9.59. The second kappa shape index (κ2) is 3.75. The molecule has 0 fully saturated rings. The van der Waals surface area contributed by atoms with Gasteiger partial charge in [0.15, 0.2) is 5.82 Å². The van der Waals surface area contributed by atoms with E-state index >= 15 is 0 Å². The van der Waals surface area contributed by atoms with Crippen molar-refractivity contribution >= 4 is 23.1 Å². The number of aromatic nitrogens is 3. The minimum Gasteiger partial charge on any atom is -0.353 e. The zero-order valence-electron chi connectivity index (χ0n) is 8.68. The molecular weight excluding hydrogens is 220 g/mol. The molecule has 84 valence electrons. The van der Waals surface area contributed by atoms with E-state index in [1.54, 1.807) is 18.3 Å². The maximum absolute atomic E-state index is 10.5. The van der Waals surface area contributed by atoms with Crippen LogP contribution in [-0.4, -0.2) is 21.5 Å². The number of carbonyl (C=O) groups is 1. The van der Waals surface area contributed by atoms with Crippen molar-refractivity contribution in [2.24, 2.45) is 0 Å². The number of anilines is 1. The van der Waals surface area contributed by atoms with Crippen molar-refractivity contribution < 1.29 is 9.32 Å². The second-order valence-corrected chi connectivity index (χ2v) is 3.43. The number of aromatic amines is 1. The van der Waals surface area contributed by atoms with E-state index in [1.807, 2.05) is 12.1 Å². The van der Waals surface area contributed by atoms with Gasteiger partial charge in [-0.05, 0) is 12.1 Å². The van der Waals surface area contributed by atoms with Crippen LogP contribution in [0.2, 0.25) is 0 Å². The Hall–Kier alpha value is -2.63. The van der Waals surface area contributed by atoms with E-state index in [-0.39, 0.29) is 0 Å². The van der Waals surface area contributed by atoms with Gasteiger partial charge in [0.25, 0.3) is 0 Å². The van der Waals surface area contributed by atoms with Gasteiger partial charge in [-0.2, -0.15) is 0 Å². The molecule has 6 nitrogen and oxygen atoms in total. The van der Waals surface area contributed by atoms with Crippen molar-refractivity contribution in [1.82, 2.24) is 15.1 Å². The average molecular weight is 228 g/mol. The third kappa shape index (κ3) is 1.55. The summed E-state index contributed by atoms with van der Waals surface area (Å²) in [6.45, 7) is 0. The van der Waals surface area contributed by atoms with Gasteiger partial charge in [-0.1, -0.05) is 11.2 Å². The molecule has 0 saturated heterocycles. The lowest BCUT2D eigenvalue weighted by Crippen LogP contribution is -1.93. The molecule has 0 aliphatic heterocycles. The van der Waals surface area contributed by atoms with E-state index in [0.717, 1.165) is 5.52 Å². The van der Waals surface area contributed by atoms with Gasteiger partial charge in [0.05, 0.1) is 17.4 Å². The van der Waals surface area contributed by atoms with Crippen LogP contribution in [0.25, 0.3) is 22.6 Å². The number of hydrogen-bond donors (Lipinski definition) is 2. The standard InChI is InChI=1S/C11H8N4O2/c16-6-12-7-2-1-3-8-10(7)15-11(14-8)9-4-5-13-17-9/h1-6H,(H,12,16)(H,14,15). The molecule has 0 saturated carbocycles. The fraction of sp³-hybridized carbons (Fsp3) is 0. The summed E-state index contributed by atoms with van der Waals surface area (Å²) in [6, 6.07) is 7.20. The zero-order chi connectivity index (χ0) is 11.7. The summed E-state index contributed by atoms with van der Waals surface area (Å²) in [7, 11) is 0. The number of nitrogens with zero attached hydrogens (tertiary/aromatic N) is 2. The lowest BCUT2D eigenvalue weighted by atomic mass is 10.3. The maximum Gasteiger partial charge on any atom is 0.211 e. The average Bonchev–Trinajstić information content (AvgIpc) is 2.98. The number of hydrogen-bond acceptors (Lipinski definition) is 4. The van der Waals surface area contributed by atoms with Gasteiger partial charge in [-0.15, -0.1) is 0 Å². The number of H-pyrrole nitrogens is 1. The van der Waals surface area contributed by atoms with Crippen LogP contribution in [0.1, 0.15) is 0 Å². The van der Waals surface area contributed by atoms with Gasteiger partial charge in [0.1, 0.15) is 5.52 Å². The van der Waals surface area contributed by atoms with E-state index < -0.39 is 0 Å². The van der Waals surface area contributed by atoms with Gasteiger partial charge in [-0.3, -0.25) is 4.79 Å². The fourth-order valence-corrected chi connectivity index (χ4v) is 1.67. The predicted molar refractivity (Wildman–Crippen MR) is 61.3 cm³/mol. The Kier molecular flexibility index (Phi) is 2.11. The highest BCUT2D eigenvalue weighted by molar-refractivity contribution is 5.94. The molecule has 0 atom stereocenters. The summed E-state index contributed by atoms with van der Waals surface area (Å²) in [4.78, 5) is 17.9. The van der Waals surface area contributed by atoms with Crippen LogP contribution in [-0.2, 0) is 4.79 Å². The molecule has 6 heteroatoms. The molecule has 0 bridgehead atoms. The van der Waals surface area contributed by atoms with Crippen LogP contribution < -0.4 is 5.32 Å². The number of carbonyl (C=O) groups excluding carboxylic acids is 1. The lowest BCUT2D eigenvalue weighted by molar-refractivity contribution is -0.105. The highest BCUT2D eigenvalue weighted by Crippen LogP contribution is 2.24. The summed E-state index contributed by atoms with van der Waals surface area (Å²) in [6.07, 6.45) is 2.17. The van der Waals surface area contributed by atoms with Crippen molar-refractivity contribution in [3.05, 3.63) is 30.5 Å². The SMILES string of the molecule is O=CNc1cccc2[nH]c(-c3ccno3)nc12. The summed E-state index contributed by atoms with van der Waals surface area (Å²) in [5, 5.41) is 6.22. The number of fused-ring (bicyclic) bond motifs is 1. The lowest BCUT2D eigenvalue weighted by Gasteiger charge is -1.97. The number of amides is 1. The minimum atomic E-state index is 0.554. The first-order chi connectivity index (χ1) is 8.38. The summed E-state index contributed by atoms with van der Waals surface area (Å²) in [5.41, 5.74) is 2.16. The fourth-order valence-electron chi connectivity index (χ4n) is 1.67. The smallest absolute Gasteiger partial charge is 0.211 e. The molecule has 2 aromatic heterocycles. The monoisotopic (exact) mass is 228 g/mol. The molecule has 17 heavy (non-hydrogen) atoms. The van der Waals surface area contributed by atoms with Crippen LogP contribution in [0.4, 0.5) is 5.69 Å². The second-order valence-electron chi connectivity index (χ2n) is 3.43. The Morgan fingerprint density at radius 3 is 3.06 bits per heavy atom. The number of rotatable bonds is 3. The topological polar surface area (TPSA) is 83.8 Å². The number of nitrogens with one attached hydrogen (secondary N) is 2. The zero-order valence-corrected chi connectivity index (χ0v) is 8.68. The van der Waals surface area contributed by atoms with Crippen LogP contribution in [0.3, 0.4) is 0 Å². The molecule has 3 rings (SSSR count). The Bertz CT molecular complexity index is 657. The number of imidazole rings is 1. The first-order valence-electron chi connectivity index (χ1n) is 4.98. The third-order valence-corrected chi connectivity index (χ3v) is 2.40. The van der Waals surface area contributed by atoms with Gasteiger partial charge in [0, 0.05) is 6.07 Å². The molecule has 0 spiro atoms. The van der Waals surface area contributed by atoms with Crippen molar-refractivity contribution in [2.45, 2.75) is 0 Å². The van der Waals surface area contributed by atoms with E-state index in [9.17, 15) is 4.79 Å². The highest BCUT2D eigenvalue weighted by atomic mass is 16.5. The van der Waals surface area contributed by atoms with Gasteiger partial charge in [-0.25, -0.2) is 4.98 Å². The molecule has 3 aromatic rings. The van der Waals surface area contributed by atoms with Crippen molar-refractivity contribution in [1.29, 1.82) is 0 Å². The van der Waals surface area contributed by atoms with Crippen LogP contribution in [0.15, 0.2) is 35.0 Å². The van der Waals surface area contributed by atoms with Gasteiger partial charge < -0.3 is 14.8 Å². The van der Waals surface area contributed by atoms with Crippen molar-refractivity contribution in [3.8, 4) is 11.6 Å². The molecule has 0 aliphatic carbocycles. The normalized spacial score (nSPS) is 10.6. The molecule has 0 radical (unpaired) electrons. The van der Waals surface area contributed by atoms with E-state index in [0.29, 0.717) is 29.2 Å². The maximum atomic E-state index is 10.5. The minimum absolute atomic E-state index is 0.554. The number of benzene rings is 1. The third-order valence-electron chi connectivity index (χ3n) is 2.40. The molecule has 1 aromatic carbocycles. The molecule has 1 amide bonds. The van der Waals surface area contributed by atoms with E-state index in [1.165, 1.54) is 0 Å². The van der Waals surface area contributed by atoms with Crippen LogP contribution in [0.5, 0.6) is 0 Å². The van der Waals surface area contributed by atoms with Crippen molar-refractivity contribution in [3.63, 3.8) is 0 Å². The first-order valence-corrected chi connectivity index (χ1v) is 4.98. The summed E-state index contributed by atoms with van der Waals surface area (Å²) >= 11 is 0. The Balaban J connectivity index is 2.18. The highest BCUT2D eigenvalue weighted by Gasteiger charge is 2.10. The Morgan fingerprint density at radius 1 is 1.35 bits per heavy atom. The predicted octanol–water partition coefficient (Wildman–Crippen LogP) is 1.79. The molecule has 2 heterocycles. The summed E-state index contributed by atoms with van der Waals surface area (Å²) in [5.74, 6) is 1.14. The van der Waals surface area contributed by atoms with Gasteiger partial charge in [0.2, 0.25) is 12.2 Å².